The molecule has 0 radical (unpaired) electrons. The molecule has 34 heavy (non-hydrogen) atoms. The summed E-state index contributed by atoms with van der Waals surface area (Å²) in [7, 11) is 1.33. The predicted molar refractivity (Wildman–Crippen MR) is 125 cm³/mol. The molecule has 0 aliphatic heterocycles. The van der Waals surface area contributed by atoms with Crippen LogP contribution in [0.3, 0.4) is 0 Å². The molecule has 0 amide bonds. The number of para-hydroxylation sites is 1. The van der Waals surface area contributed by atoms with Gasteiger partial charge < -0.3 is 9.72 Å². The summed E-state index contributed by atoms with van der Waals surface area (Å²) in [6.07, 6.45) is -2.22. The standard InChI is InChI=1S/C27H25F3N2O2/c1-34-26(33)25(15-21-16-31-24-13-6-5-12-23(21)24)32(17-19-8-3-2-4-9-19)18-20-10-7-11-22(14-20)27(28,29)30/h2-14,16,25,31H,15,17-18H2,1H3/t25-/m0/s1. The van der Waals surface area contributed by atoms with E-state index in [2.05, 4.69) is 4.98 Å². The Hall–Kier alpha value is -3.58. The molecule has 4 nitrogen and oxygen atoms in total. The van der Waals surface area contributed by atoms with Crippen molar-refractivity contribution in [2.24, 2.45) is 0 Å². The van der Waals surface area contributed by atoms with E-state index in [1.807, 2.05) is 65.7 Å². The van der Waals surface area contributed by atoms with Gasteiger partial charge in [-0.15, -0.1) is 0 Å². The zero-order valence-corrected chi connectivity index (χ0v) is 18.7. The highest BCUT2D eigenvalue weighted by Crippen LogP contribution is 2.30. The molecule has 1 heterocycles. The highest BCUT2D eigenvalue weighted by atomic mass is 19.4. The molecule has 0 aliphatic carbocycles. The molecule has 4 rings (SSSR count). The van der Waals surface area contributed by atoms with E-state index in [4.69, 9.17) is 4.74 Å². The Bertz CT molecular complexity index is 1250. The summed E-state index contributed by atoms with van der Waals surface area (Å²) in [5, 5.41) is 0.995. The SMILES string of the molecule is COC(=O)[C@H](Cc1c[nH]c2ccccc12)N(Cc1ccccc1)Cc1cccc(C(F)(F)F)c1. The summed E-state index contributed by atoms with van der Waals surface area (Å²) in [6, 6.07) is 21.9. The number of ether oxygens (including phenoxy) is 1. The number of benzene rings is 3. The van der Waals surface area contributed by atoms with Crippen LogP contribution in [0.15, 0.2) is 85.1 Å². The number of nitrogens with zero attached hydrogens (tertiary/aromatic N) is 1. The van der Waals surface area contributed by atoms with Crippen molar-refractivity contribution < 1.29 is 22.7 Å². The van der Waals surface area contributed by atoms with E-state index in [0.29, 0.717) is 18.5 Å². The van der Waals surface area contributed by atoms with Crippen molar-refractivity contribution in [1.82, 2.24) is 9.88 Å². The fraction of sp³-hybridized carbons (Fsp3) is 0.222. The van der Waals surface area contributed by atoms with Crippen molar-refractivity contribution in [2.45, 2.75) is 31.7 Å². The Labute approximate surface area is 196 Å². The highest BCUT2D eigenvalue weighted by molar-refractivity contribution is 5.84. The molecular formula is C27H25F3N2O2. The first-order valence-electron chi connectivity index (χ1n) is 10.9. The van der Waals surface area contributed by atoms with Gasteiger partial charge in [-0.2, -0.15) is 13.2 Å². The number of halogens is 3. The van der Waals surface area contributed by atoms with Crippen LogP contribution in [0.2, 0.25) is 0 Å². The zero-order valence-electron chi connectivity index (χ0n) is 18.7. The third-order valence-corrected chi connectivity index (χ3v) is 5.87. The molecule has 0 aliphatic rings. The topological polar surface area (TPSA) is 45.3 Å². The average molecular weight is 467 g/mol. The maximum absolute atomic E-state index is 13.3. The van der Waals surface area contributed by atoms with Gasteiger partial charge in [-0.1, -0.05) is 66.7 Å². The number of carbonyl (C=O) groups is 1. The second-order valence-electron chi connectivity index (χ2n) is 8.19. The first kappa shape index (κ1) is 23.6. The molecule has 0 bridgehead atoms. The van der Waals surface area contributed by atoms with E-state index in [-0.39, 0.29) is 6.54 Å². The number of rotatable bonds is 8. The lowest BCUT2D eigenvalue weighted by Crippen LogP contribution is -2.42. The Morgan fingerprint density at radius 1 is 0.941 bits per heavy atom. The number of carbonyl (C=O) groups excluding carboxylic acids is 1. The number of aromatic amines is 1. The normalized spacial score (nSPS) is 12.7. The lowest BCUT2D eigenvalue weighted by Gasteiger charge is -2.30. The molecule has 0 fully saturated rings. The number of alkyl halides is 3. The van der Waals surface area contributed by atoms with Gasteiger partial charge in [0, 0.05) is 36.6 Å². The number of H-pyrrole nitrogens is 1. The van der Waals surface area contributed by atoms with E-state index in [1.165, 1.54) is 13.2 Å². The average Bonchev–Trinajstić information content (AvgIpc) is 3.25. The van der Waals surface area contributed by atoms with Gasteiger partial charge in [0.15, 0.2) is 0 Å². The summed E-state index contributed by atoms with van der Waals surface area (Å²) >= 11 is 0. The van der Waals surface area contributed by atoms with Crippen molar-refractivity contribution in [3.63, 3.8) is 0 Å². The molecular weight excluding hydrogens is 441 g/mol. The fourth-order valence-electron chi connectivity index (χ4n) is 4.18. The summed E-state index contributed by atoms with van der Waals surface area (Å²) in [6.45, 7) is 0.528. The van der Waals surface area contributed by atoms with E-state index in [9.17, 15) is 18.0 Å². The van der Waals surface area contributed by atoms with Crippen molar-refractivity contribution in [3.05, 3.63) is 107 Å². The van der Waals surface area contributed by atoms with Gasteiger partial charge in [-0.05, 0) is 28.8 Å². The largest absolute Gasteiger partial charge is 0.468 e. The smallest absolute Gasteiger partial charge is 0.416 e. The van der Waals surface area contributed by atoms with Crippen LogP contribution in [0.25, 0.3) is 10.9 Å². The maximum atomic E-state index is 13.3. The van der Waals surface area contributed by atoms with E-state index in [1.54, 1.807) is 6.07 Å². The molecule has 7 heteroatoms. The minimum absolute atomic E-state index is 0.154. The molecule has 0 saturated carbocycles. The van der Waals surface area contributed by atoms with Crippen molar-refractivity contribution in [2.75, 3.05) is 7.11 Å². The molecule has 0 unspecified atom stereocenters. The van der Waals surface area contributed by atoms with Crippen LogP contribution in [0.1, 0.15) is 22.3 Å². The van der Waals surface area contributed by atoms with E-state index < -0.39 is 23.8 Å². The van der Waals surface area contributed by atoms with Gasteiger partial charge in [0.25, 0.3) is 0 Å². The summed E-state index contributed by atoms with van der Waals surface area (Å²) in [4.78, 5) is 18.1. The molecule has 1 atom stereocenters. The number of fused-ring (bicyclic) bond motifs is 1. The second kappa shape index (κ2) is 10.1. The number of methoxy groups -OCH3 is 1. The van der Waals surface area contributed by atoms with Crippen LogP contribution in [-0.4, -0.2) is 29.0 Å². The number of aromatic nitrogens is 1. The van der Waals surface area contributed by atoms with Gasteiger partial charge in [0.2, 0.25) is 0 Å². The van der Waals surface area contributed by atoms with Crippen LogP contribution in [0.4, 0.5) is 13.2 Å². The van der Waals surface area contributed by atoms with Gasteiger partial charge in [-0.3, -0.25) is 9.69 Å². The van der Waals surface area contributed by atoms with Crippen molar-refractivity contribution in [3.8, 4) is 0 Å². The van der Waals surface area contributed by atoms with Crippen LogP contribution in [0.5, 0.6) is 0 Å². The molecule has 176 valence electrons. The molecule has 3 aromatic carbocycles. The van der Waals surface area contributed by atoms with Crippen LogP contribution in [-0.2, 0) is 35.2 Å². The fourth-order valence-corrected chi connectivity index (χ4v) is 4.18. The molecule has 1 N–H and O–H groups in total. The Balaban J connectivity index is 1.70. The van der Waals surface area contributed by atoms with E-state index in [0.717, 1.165) is 34.2 Å². The highest BCUT2D eigenvalue weighted by Gasteiger charge is 2.32. The molecule has 0 spiro atoms. The van der Waals surface area contributed by atoms with Gasteiger partial charge in [0.05, 0.1) is 12.7 Å². The van der Waals surface area contributed by atoms with Gasteiger partial charge >= 0.3 is 12.1 Å². The minimum Gasteiger partial charge on any atom is -0.468 e. The molecule has 0 saturated heterocycles. The van der Waals surface area contributed by atoms with E-state index >= 15 is 0 Å². The Kier molecular flexibility index (Phi) is 7.03. The minimum atomic E-state index is -4.44. The molecule has 4 aromatic rings. The summed E-state index contributed by atoms with van der Waals surface area (Å²) in [5.74, 6) is -0.437. The van der Waals surface area contributed by atoms with Crippen LogP contribution < -0.4 is 0 Å². The third kappa shape index (κ3) is 5.48. The lowest BCUT2D eigenvalue weighted by atomic mass is 10.0. The maximum Gasteiger partial charge on any atom is 0.416 e. The number of esters is 1. The summed E-state index contributed by atoms with van der Waals surface area (Å²) < 4.78 is 45.0. The first-order valence-corrected chi connectivity index (χ1v) is 10.9. The van der Waals surface area contributed by atoms with Gasteiger partial charge in [0.1, 0.15) is 6.04 Å². The third-order valence-electron chi connectivity index (χ3n) is 5.87. The number of nitrogens with one attached hydrogen (secondary N) is 1. The van der Waals surface area contributed by atoms with Crippen molar-refractivity contribution in [1.29, 1.82) is 0 Å². The quantitative estimate of drug-likeness (QED) is 0.325. The number of hydrogen-bond acceptors (Lipinski definition) is 3. The zero-order chi connectivity index (χ0) is 24.1. The predicted octanol–water partition coefficient (Wildman–Crippen LogP) is 5.97. The Morgan fingerprint density at radius 3 is 2.35 bits per heavy atom. The van der Waals surface area contributed by atoms with Crippen molar-refractivity contribution >= 4 is 16.9 Å². The molecule has 1 aromatic heterocycles. The first-order chi connectivity index (χ1) is 16.3. The second-order valence-corrected chi connectivity index (χ2v) is 8.19. The number of hydrogen-bond donors (Lipinski definition) is 1. The lowest BCUT2D eigenvalue weighted by molar-refractivity contribution is -0.147. The summed E-state index contributed by atoms with van der Waals surface area (Å²) in [5.41, 5.74) is 2.60. The Morgan fingerprint density at radius 2 is 1.62 bits per heavy atom. The monoisotopic (exact) mass is 466 g/mol. The van der Waals surface area contributed by atoms with Crippen LogP contribution in [0, 0.1) is 0 Å². The van der Waals surface area contributed by atoms with Crippen LogP contribution >= 0.6 is 0 Å². The van der Waals surface area contributed by atoms with Gasteiger partial charge in [-0.25, -0.2) is 0 Å².